The van der Waals surface area contributed by atoms with Crippen molar-refractivity contribution in [3.63, 3.8) is 0 Å². The first kappa shape index (κ1) is 33.2. The third kappa shape index (κ3) is 5.18. The van der Waals surface area contributed by atoms with Crippen LogP contribution in [0.15, 0.2) is 11.6 Å². The Labute approximate surface area is 264 Å². The third-order valence-corrected chi connectivity index (χ3v) is 14.3. The van der Waals surface area contributed by atoms with E-state index in [4.69, 9.17) is 9.47 Å². The molecule has 0 unspecified atom stereocenters. The maximum Gasteiger partial charge on any atom is 0.312 e. The smallest absolute Gasteiger partial charge is 0.312 e. The van der Waals surface area contributed by atoms with E-state index in [9.17, 15) is 19.7 Å². The minimum absolute atomic E-state index is 0.0164. The van der Waals surface area contributed by atoms with E-state index >= 15 is 0 Å². The number of esters is 2. The normalized spacial score (nSPS) is 41.9. The van der Waals surface area contributed by atoms with Crippen molar-refractivity contribution in [3.8, 4) is 0 Å². The lowest BCUT2D eigenvalue weighted by atomic mass is 9.33. The summed E-state index contributed by atoms with van der Waals surface area (Å²) in [5.74, 6) is 0.970. The molecule has 5 aliphatic carbocycles. The summed E-state index contributed by atoms with van der Waals surface area (Å²) in [6, 6.07) is 0. The maximum atomic E-state index is 14.0. The van der Waals surface area contributed by atoms with Crippen molar-refractivity contribution in [2.24, 2.45) is 50.2 Å². The van der Waals surface area contributed by atoms with E-state index in [-0.39, 0.29) is 64.2 Å². The lowest BCUT2D eigenvalue weighted by Crippen LogP contribution is -2.65. The Morgan fingerprint density at radius 2 is 1.59 bits per heavy atom. The van der Waals surface area contributed by atoms with Crippen molar-refractivity contribution >= 4 is 11.9 Å². The SMILES string of the molecule is CC(=O)O[C@H]1CC[C@]2(C)[C@H]3CC=C4[C@@H]5CC(C)(C)CC[C@]5(C(=O)OCCCCO[N+](=O)[O-])CC[C@@]4(C)[C@]3(C)CC[C@H]2C1(C)C. The fourth-order valence-corrected chi connectivity index (χ4v) is 11.6. The number of nitrogens with zero attached hydrogens (tertiary/aromatic N) is 1. The standard InChI is InChI=1S/C36H57NO7/c1-24(38)44-29-14-15-33(6)27(32(29,4)5)13-16-35(8)28(33)12-11-25-26-23-31(2,3)17-19-36(26,20-18-34(25,35)7)30(39)42-21-9-10-22-43-37(40)41/h11,26-29H,9-10,12-23H2,1-8H3/t26-,27-,28+,29-,33-,34+,35+,36-/m0/s1. The lowest BCUT2D eigenvalue weighted by Gasteiger charge is -2.71. The second-order valence-corrected chi connectivity index (χ2v) is 17.2. The molecule has 44 heavy (non-hydrogen) atoms. The van der Waals surface area contributed by atoms with Crippen molar-refractivity contribution in [1.29, 1.82) is 0 Å². The topological polar surface area (TPSA) is 105 Å². The van der Waals surface area contributed by atoms with Gasteiger partial charge in [-0.05, 0) is 116 Å². The number of fused-ring (bicyclic) bond motifs is 7. The molecule has 0 aliphatic heterocycles. The molecule has 0 aromatic rings. The van der Waals surface area contributed by atoms with Gasteiger partial charge in [-0.15, -0.1) is 10.1 Å². The lowest BCUT2D eigenvalue weighted by molar-refractivity contribution is -0.757. The number of rotatable bonds is 8. The monoisotopic (exact) mass is 615 g/mol. The molecule has 8 atom stereocenters. The molecule has 4 fully saturated rings. The fraction of sp³-hybridized carbons (Fsp3) is 0.889. The predicted molar refractivity (Wildman–Crippen MR) is 168 cm³/mol. The zero-order chi connectivity index (χ0) is 32.3. The number of carbonyl (C=O) groups is 2. The van der Waals surface area contributed by atoms with Crippen LogP contribution in [-0.2, 0) is 23.9 Å². The maximum absolute atomic E-state index is 14.0. The average molecular weight is 616 g/mol. The van der Waals surface area contributed by atoms with Crippen molar-refractivity contribution in [1.82, 2.24) is 0 Å². The van der Waals surface area contributed by atoms with Gasteiger partial charge in [-0.25, -0.2) is 0 Å². The Hall–Kier alpha value is -2.12. The van der Waals surface area contributed by atoms with Gasteiger partial charge in [-0.3, -0.25) is 9.59 Å². The Bertz CT molecular complexity index is 1190. The molecule has 8 heteroatoms. The van der Waals surface area contributed by atoms with E-state index in [0.717, 1.165) is 64.2 Å². The van der Waals surface area contributed by atoms with Crippen LogP contribution >= 0.6 is 0 Å². The van der Waals surface area contributed by atoms with Gasteiger partial charge in [0.1, 0.15) is 6.10 Å². The summed E-state index contributed by atoms with van der Waals surface area (Å²) < 4.78 is 11.9. The largest absolute Gasteiger partial charge is 0.465 e. The molecular formula is C36H57NO7. The molecule has 8 nitrogen and oxygen atoms in total. The zero-order valence-electron chi connectivity index (χ0n) is 28.6. The van der Waals surface area contributed by atoms with E-state index in [0.29, 0.717) is 24.7 Å². The minimum Gasteiger partial charge on any atom is -0.465 e. The van der Waals surface area contributed by atoms with Crippen LogP contribution in [0.2, 0.25) is 0 Å². The molecule has 5 aliphatic rings. The van der Waals surface area contributed by atoms with E-state index in [1.807, 2.05) is 0 Å². The van der Waals surface area contributed by atoms with Crippen LogP contribution in [0.5, 0.6) is 0 Å². The van der Waals surface area contributed by atoms with Crippen LogP contribution in [0, 0.1) is 60.4 Å². The van der Waals surface area contributed by atoms with Gasteiger partial charge < -0.3 is 14.3 Å². The Kier molecular flexibility index (Phi) is 8.53. The molecular weight excluding hydrogens is 558 g/mol. The summed E-state index contributed by atoms with van der Waals surface area (Å²) in [6.07, 6.45) is 13.6. The first-order valence-electron chi connectivity index (χ1n) is 17.3. The second-order valence-electron chi connectivity index (χ2n) is 17.2. The van der Waals surface area contributed by atoms with Crippen molar-refractivity contribution < 1.29 is 29.0 Å². The number of ether oxygens (including phenoxy) is 2. The number of carbonyl (C=O) groups excluding carboxylic acids is 2. The van der Waals surface area contributed by atoms with Gasteiger partial charge in [-0.2, -0.15) is 0 Å². The average Bonchev–Trinajstić information content (AvgIpc) is 2.92. The summed E-state index contributed by atoms with van der Waals surface area (Å²) in [7, 11) is 0. The predicted octanol–water partition coefficient (Wildman–Crippen LogP) is 8.25. The molecule has 0 aromatic carbocycles. The quantitative estimate of drug-likeness (QED) is 0.0890. The summed E-state index contributed by atoms with van der Waals surface area (Å²) in [4.78, 5) is 40.9. The zero-order valence-corrected chi connectivity index (χ0v) is 28.6. The fourth-order valence-electron chi connectivity index (χ4n) is 11.6. The molecule has 0 bridgehead atoms. The van der Waals surface area contributed by atoms with E-state index in [2.05, 4.69) is 59.4 Å². The molecule has 4 saturated carbocycles. The van der Waals surface area contributed by atoms with Crippen LogP contribution in [-0.4, -0.2) is 36.3 Å². The second kappa shape index (κ2) is 11.3. The number of hydrogen-bond donors (Lipinski definition) is 0. The highest BCUT2D eigenvalue weighted by molar-refractivity contribution is 5.78. The summed E-state index contributed by atoms with van der Waals surface area (Å²) in [5.41, 5.74) is 1.42. The molecule has 248 valence electrons. The van der Waals surface area contributed by atoms with Crippen LogP contribution < -0.4 is 0 Å². The molecule has 0 radical (unpaired) electrons. The molecule has 0 N–H and O–H groups in total. The van der Waals surface area contributed by atoms with Crippen LogP contribution in [0.4, 0.5) is 0 Å². The van der Waals surface area contributed by atoms with Crippen LogP contribution in [0.25, 0.3) is 0 Å². The van der Waals surface area contributed by atoms with Crippen LogP contribution in [0.3, 0.4) is 0 Å². The minimum atomic E-state index is -0.775. The van der Waals surface area contributed by atoms with Crippen molar-refractivity contribution in [2.45, 2.75) is 139 Å². The highest BCUT2D eigenvalue weighted by Crippen LogP contribution is 2.76. The van der Waals surface area contributed by atoms with Crippen molar-refractivity contribution in [3.05, 3.63) is 21.8 Å². The van der Waals surface area contributed by atoms with Gasteiger partial charge in [0.15, 0.2) is 0 Å². The highest BCUT2D eigenvalue weighted by Gasteiger charge is 2.69. The van der Waals surface area contributed by atoms with E-state index in [1.165, 1.54) is 12.5 Å². The third-order valence-electron chi connectivity index (χ3n) is 14.3. The first-order chi connectivity index (χ1) is 20.4. The molecule has 5 rings (SSSR count). The Balaban J connectivity index is 1.42. The van der Waals surface area contributed by atoms with Gasteiger partial charge >= 0.3 is 11.9 Å². The molecule has 0 saturated heterocycles. The summed E-state index contributed by atoms with van der Waals surface area (Å²) >= 11 is 0. The molecule has 0 spiro atoms. The van der Waals surface area contributed by atoms with Gasteiger partial charge in [0.05, 0.1) is 18.6 Å². The van der Waals surface area contributed by atoms with Gasteiger partial charge in [0, 0.05) is 12.3 Å². The number of unbranched alkanes of at least 4 members (excludes halogenated alkanes) is 1. The van der Waals surface area contributed by atoms with Gasteiger partial charge in [0.25, 0.3) is 5.09 Å². The molecule has 0 heterocycles. The summed E-state index contributed by atoms with van der Waals surface area (Å²) in [6.45, 7) is 18.8. The number of hydrogen-bond acceptors (Lipinski definition) is 7. The first-order valence-corrected chi connectivity index (χ1v) is 17.3. The van der Waals surface area contributed by atoms with E-state index < -0.39 is 10.5 Å². The number of allylic oxidation sites excluding steroid dienone is 2. The van der Waals surface area contributed by atoms with Gasteiger partial charge in [-0.1, -0.05) is 60.1 Å². The molecule has 0 amide bonds. The highest BCUT2D eigenvalue weighted by atomic mass is 16.9. The molecule has 0 aromatic heterocycles. The Morgan fingerprint density at radius 1 is 0.909 bits per heavy atom. The Morgan fingerprint density at radius 3 is 2.27 bits per heavy atom. The van der Waals surface area contributed by atoms with Crippen LogP contribution in [0.1, 0.15) is 132 Å². The van der Waals surface area contributed by atoms with Gasteiger partial charge in [0.2, 0.25) is 0 Å². The summed E-state index contributed by atoms with van der Waals surface area (Å²) in [5, 5.41) is 9.67. The van der Waals surface area contributed by atoms with E-state index in [1.54, 1.807) is 0 Å². The van der Waals surface area contributed by atoms with Crippen molar-refractivity contribution in [2.75, 3.05) is 13.2 Å².